The van der Waals surface area contributed by atoms with Gasteiger partial charge in [0.1, 0.15) is 0 Å². The van der Waals surface area contributed by atoms with Crippen molar-refractivity contribution in [3.63, 3.8) is 0 Å². The lowest BCUT2D eigenvalue weighted by molar-refractivity contribution is -0.131. The normalized spacial score (nSPS) is 10.6. The first-order valence-electron chi connectivity index (χ1n) is 3.23. The number of aliphatic carboxylic acids is 1. The molecule has 0 saturated heterocycles. The van der Waals surface area contributed by atoms with Gasteiger partial charge >= 0.3 is 5.97 Å². The minimum Gasteiger partial charge on any atom is -0.478 e. The van der Waals surface area contributed by atoms with E-state index in [1.165, 1.54) is 6.08 Å². The molecular weight excluding hydrogens is 148 g/mol. The average Bonchev–Trinajstić information content (AvgIpc) is 1.96. The van der Waals surface area contributed by atoms with E-state index in [1.54, 1.807) is 7.11 Å². The minimum atomic E-state index is -0.958. The summed E-state index contributed by atoms with van der Waals surface area (Å²) in [6.45, 7) is 1.33. The van der Waals surface area contributed by atoms with Crippen LogP contribution in [0.1, 0.15) is 0 Å². The summed E-state index contributed by atoms with van der Waals surface area (Å²) >= 11 is 0. The van der Waals surface area contributed by atoms with Crippen LogP contribution in [-0.4, -0.2) is 38.0 Å². The van der Waals surface area contributed by atoms with Gasteiger partial charge in [0.2, 0.25) is 0 Å². The van der Waals surface area contributed by atoms with E-state index < -0.39 is 5.97 Å². The Kier molecular flexibility index (Phi) is 6.67. The zero-order valence-electron chi connectivity index (χ0n) is 6.45. The highest BCUT2D eigenvalue weighted by Crippen LogP contribution is 1.78. The Hall–Kier alpha value is -0.870. The highest BCUT2D eigenvalue weighted by atomic mass is 16.5. The summed E-state index contributed by atoms with van der Waals surface area (Å²) in [4.78, 5) is 9.92. The molecule has 4 nitrogen and oxygen atoms in total. The molecule has 0 aromatic rings. The maximum absolute atomic E-state index is 9.92. The number of hydrogen-bond donors (Lipinski definition) is 1. The molecule has 0 amide bonds. The first-order chi connectivity index (χ1) is 5.27. The third-order valence-electron chi connectivity index (χ3n) is 0.906. The van der Waals surface area contributed by atoms with Crippen molar-refractivity contribution in [1.29, 1.82) is 0 Å². The Morgan fingerprint density at radius 2 is 2.27 bits per heavy atom. The van der Waals surface area contributed by atoms with Gasteiger partial charge in [-0.3, -0.25) is 0 Å². The Balaban J connectivity index is 3.07. The van der Waals surface area contributed by atoms with Crippen LogP contribution in [0.25, 0.3) is 0 Å². The summed E-state index contributed by atoms with van der Waals surface area (Å²) in [6.07, 6.45) is 2.49. The van der Waals surface area contributed by atoms with Gasteiger partial charge in [-0.25, -0.2) is 4.79 Å². The molecule has 11 heavy (non-hydrogen) atoms. The predicted octanol–water partition coefficient (Wildman–Crippen LogP) is 0.290. The van der Waals surface area contributed by atoms with Crippen molar-refractivity contribution in [3.05, 3.63) is 12.2 Å². The number of carboxylic acid groups (broad SMARTS) is 1. The van der Waals surface area contributed by atoms with Gasteiger partial charge in [0.15, 0.2) is 0 Å². The number of rotatable bonds is 6. The topological polar surface area (TPSA) is 55.8 Å². The van der Waals surface area contributed by atoms with Gasteiger partial charge in [-0.05, 0) is 0 Å². The van der Waals surface area contributed by atoms with E-state index in [9.17, 15) is 4.79 Å². The number of hydrogen-bond acceptors (Lipinski definition) is 3. The number of carboxylic acids is 1. The van der Waals surface area contributed by atoms with Crippen LogP contribution >= 0.6 is 0 Å². The van der Waals surface area contributed by atoms with Crippen molar-refractivity contribution in [3.8, 4) is 0 Å². The first kappa shape index (κ1) is 10.1. The molecule has 1 N–H and O–H groups in total. The molecule has 0 aromatic carbocycles. The molecule has 64 valence electrons. The lowest BCUT2D eigenvalue weighted by atomic mass is 10.5. The molecule has 0 rings (SSSR count). The third kappa shape index (κ3) is 9.13. The van der Waals surface area contributed by atoms with Crippen molar-refractivity contribution in [2.75, 3.05) is 26.9 Å². The molecule has 0 spiro atoms. The van der Waals surface area contributed by atoms with Crippen LogP contribution < -0.4 is 0 Å². The summed E-state index contributed by atoms with van der Waals surface area (Å²) in [6, 6.07) is 0. The van der Waals surface area contributed by atoms with E-state index in [2.05, 4.69) is 0 Å². The van der Waals surface area contributed by atoms with Crippen molar-refractivity contribution in [1.82, 2.24) is 0 Å². The molecule has 0 saturated carbocycles. The Bertz CT molecular complexity index is 130. The maximum Gasteiger partial charge on any atom is 0.328 e. The molecule has 0 atom stereocenters. The molecule has 0 aliphatic carbocycles. The Morgan fingerprint density at radius 3 is 2.82 bits per heavy atom. The lowest BCUT2D eigenvalue weighted by Crippen LogP contribution is -2.01. The third-order valence-corrected chi connectivity index (χ3v) is 0.906. The van der Waals surface area contributed by atoms with E-state index in [0.717, 1.165) is 6.08 Å². The number of carbonyl (C=O) groups is 1. The van der Waals surface area contributed by atoms with Gasteiger partial charge in [0.25, 0.3) is 0 Å². The standard InChI is InChI=1S/C7H12O4/c1-10-5-6-11-4-2-3-7(8)9/h2-3H,4-6H2,1H3,(H,8,9)/b3-2-. The van der Waals surface area contributed by atoms with Gasteiger partial charge in [-0.2, -0.15) is 0 Å². The molecule has 0 unspecified atom stereocenters. The van der Waals surface area contributed by atoms with Crippen LogP contribution in [0.2, 0.25) is 0 Å². The molecule has 0 aliphatic rings. The molecule has 0 heterocycles. The van der Waals surface area contributed by atoms with E-state index in [4.69, 9.17) is 14.6 Å². The molecule has 4 heteroatoms. The summed E-state index contributed by atoms with van der Waals surface area (Å²) < 4.78 is 9.65. The van der Waals surface area contributed by atoms with Crippen molar-refractivity contribution in [2.45, 2.75) is 0 Å². The summed E-state index contributed by atoms with van der Waals surface area (Å²) in [5, 5.41) is 8.15. The van der Waals surface area contributed by atoms with Crippen molar-refractivity contribution < 1.29 is 19.4 Å². The molecule has 0 fully saturated rings. The zero-order valence-corrected chi connectivity index (χ0v) is 6.45. The molecule has 0 aromatic heterocycles. The second kappa shape index (κ2) is 7.24. The number of methoxy groups -OCH3 is 1. The largest absolute Gasteiger partial charge is 0.478 e. The molecule has 0 aliphatic heterocycles. The van der Waals surface area contributed by atoms with E-state index in [0.29, 0.717) is 19.8 Å². The average molecular weight is 160 g/mol. The highest BCUT2D eigenvalue weighted by Gasteiger charge is 1.85. The Labute approximate surface area is 65.4 Å². The molecular formula is C7H12O4. The minimum absolute atomic E-state index is 0.315. The molecule has 0 radical (unpaired) electrons. The van der Waals surface area contributed by atoms with Gasteiger partial charge in [0, 0.05) is 13.2 Å². The maximum atomic E-state index is 9.92. The second-order valence-electron chi connectivity index (χ2n) is 1.81. The van der Waals surface area contributed by atoms with Gasteiger partial charge in [0.05, 0.1) is 19.8 Å². The van der Waals surface area contributed by atoms with Crippen LogP contribution in [-0.2, 0) is 14.3 Å². The Morgan fingerprint density at radius 1 is 1.55 bits per heavy atom. The van der Waals surface area contributed by atoms with E-state index in [-0.39, 0.29) is 0 Å². The molecule has 0 bridgehead atoms. The summed E-state index contributed by atoms with van der Waals surface area (Å²) in [7, 11) is 1.58. The summed E-state index contributed by atoms with van der Waals surface area (Å²) in [5.74, 6) is -0.958. The summed E-state index contributed by atoms with van der Waals surface area (Å²) in [5.41, 5.74) is 0. The first-order valence-corrected chi connectivity index (χ1v) is 3.23. The van der Waals surface area contributed by atoms with Crippen LogP contribution in [0.3, 0.4) is 0 Å². The fourth-order valence-corrected chi connectivity index (χ4v) is 0.443. The highest BCUT2D eigenvalue weighted by molar-refractivity contribution is 5.79. The van der Waals surface area contributed by atoms with Crippen molar-refractivity contribution in [2.24, 2.45) is 0 Å². The smallest absolute Gasteiger partial charge is 0.328 e. The SMILES string of the molecule is COCCOC/C=C\C(=O)O. The van der Waals surface area contributed by atoms with Gasteiger partial charge in [-0.15, -0.1) is 0 Å². The quantitative estimate of drug-likeness (QED) is 0.448. The fraction of sp³-hybridized carbons (Fsp3) is 0.571. The fourth-order valence-electron chi connectivity index (χ4n) is 0.443. The van der Waals surface area contributed by atoms with Crippen molar-refractivity contribution >= 4 is 5.97 Å². The van der Waals surface area contributed by atoms with Gasteiger partial charge < -0.3 is 14.6 Å². The van der Waals surface area contributed by atoms with Gasteiger partial charge in [-0.1, -0.05) is 6.08 Å². The second-order valence-corrected chi connectivity index (χ2v) is 1.81. The van der Waals surface area contributed by atoms with E-state index in [1.807, 2.05) is 0 Å². The van der Waals surface area contributed by atoms with Crippen LogP contribution in [0, 0.1) is 0 Å². The zero-order chi connectivity index (χ0) is 8.53. The predicted molar refractivity (Wildman–Crippen MR) is 39.5 cm³/mol. The van der Waals surface area contributed by atoms with Crippen LogP contribution in [0.15, 0.2) is 12.2 Å². The van der Waals surface area contributed by atoms with E-state index >= 15 is 0 Å². The monoisotopic (exact) mass is 160 g/mol. The lowest BCUT2D eigenvalue weighted by Gasteiger charge is -1.97. The van der Waals surface area contributed by atoms with Crippen LogP contribution in [0.4, 0.5) is 0 Å². The van der Waals surface area contributed by atoms with Crippen LogP contribution in [0.5, 0.6) is 0 Å². The number of ether oxygens (including phenoxy) is 2.